The maximum atomic E-state index is 12.4. The van der Waals surface area contributed by atoms with Crippen molar-refractivity contribution in [1.29, 1.82) is 0 Å². The fourth-order valence-electron chi connectivity index (χ4n) is 4.04. The quantitative estimate of drug-likeness (QED) is 0.407. The number of benzene rings is 1. The maximum absolute atomic E-state index is 12.4. The normalized spacial score (nSPS) is 16.7. The zero-order valence-corrected chi connectivity index (χ0v) is 19.6. The second-order valence-corrected chi connectivity index (χ2v) is 8.37. The summed E-state index contributed by atoms with van der Waals surface area (Å²) in [6.07, 6.45) is 1.46. The van der Waals surface area contributed by atoms with Crippen LogP contribution in [0.4, 0.5) is 16.4 Å². The number of aromatic hydroxyl groups is 1. The van der Waals surface area contributed by atoms with Crippen molar-refractivity contribution in [1.82, 2.24) is 15.3 Å². The van der Waals surface area contributed by atoms with Gasteiger partial charge in [-0.1, -0.05) is 6.07 Å². The standard InChI is InChI=1S/C25H25N5O6/c1-34-16-7-9-27-19(11-16)18-10-15(2-3-20(18)31)12-26-8-6-17-13-30(25(33)36-17)22-5-4-21-24(28-22)29-23(32)14-35-21/h2-5,7,9-11,17,26,31H,6,8,12-14H2,1H3,(H,28,29,32)/t17-/m0/s1. The van der Waals surface area contributed by atoms with Crippen LogP contribution in [0.3, 0.4) is 0 Å². The molecule has 1 aromatic carbocycles. The Labute approximate surface area is 207 Å². The predicted molar refractivity (Wildman–Crippen MR) is 130 cm³/mol. The molecule has 0 unspecified atom stereocenters. The molecule has 4 heterocycles. The van der Waals surface area contributed by atoms with Gasteiger partial charge in [0.15, 0.2) is 18.2 Å². The Hall–Kier alpha value is -4.38. The van der Waals surface area contributed by atoms with Crippen LogP contribution >= 0.6 is 0 Å². The Kier molecular flexibility index (Phi) is 6.54. The fraction of sp³-hybridized carbons (Fsp3) is 0.280. The number of hydrogen-bond donors (Lipinski definition) is 3. The van der Waals surface area contributed by atoms with E-state index in [1.807, 2.05) is 12.1 Å². The number of carbonyl (C=O) groups is 2. The summed E-state index contributed by atoms with van der Waals surface area (Å²) in [6.45, 7) is 1.47. The number of methoxy groups -OCH3 is 1. The van der Waals surface area contributed by atoms with E-state index in [9.17, 15) is 14.7 Å². The van der Waals surface area contributed by atoms with Crippen LogP contribution in [0, 0.1) is 0 Å². The van der Waals surface area contributed by atoms with Crippen molar-refractivity contribution in [3.8, 4) is 28.5 Å². The van der Waals surface area contributed by atoms with E-state index >= 15 is 0 Å². The molecule has 3 aromatic rings. The molecule has 0 saturated carbocycles. The molecule has 2 aliphatic rings. The Bertz CT molecular complexity index is 1300. The third-order valence-electron chi connectivity index (χ3n) is 5.89. The predicted octanol–water partition coefficient (Wildman–Crippen LogP) is 2.69. The van der Waals surface area contributed by atoms with Crippen LogP contribution in [0.25, 0.3) is 11.3 Å². The van der Waals surface area contributed by atoms with Gasteiger partial charge in [0, 0.05) is 24.4 Å². The van der Waals surface area contributed by atoms with E-state index in [-0.39, 0.29) is 24.4 Å². The molecule has 0 spiro atoms. The summed E-state index contributed by atoms with van der Waals surface area (Å²) in [5.74, 6) is 1.65. The van der Waals surface area contributed by atoms with Gasteiger partial charge in [0.1, 0.15) is 23.4 Å². The van der Waals surface area contributed by atoms with Gasteiger partial charge in [-0.15, -0.1) is 0 Å². The minimum atomic E-state index is -0.482. The minimum absolute atomic E-state index is 0.0573. The highest BCUT2D eigenvalue weighted by molar-refractivity contribution is 5.95. The van der Waals surface area contributed by atoms with E-state index in [4.69, 9.17) is 14.2 Å². The summed E-state index contributed by atoms with van der Waals surface area (Å²) in [7, 11) is 1.58. The smallest absolute Gasteiger partial charge is 0.415 e. The first-order chi connectivity index (χ1) is 17.5. The number of nitrogens with one attached hydrogen (secondary N) is 2. The molecule has 1 atom stereocenters. The van der Waals surface area contributed by atoms with Gasteiger partial charge in [0.2, 0.25) is 0 Å². The molecule has 11 heteroatoms. The summed E-state index contributed by atoms with van der Waals surface area (Å²) in [5, 5.41) is 16.3. The van der Waals surface area contributed by atoms with Crippen LogP contribution < -0.4 is 25.0 Å². The number of phenols is 1. The number of carbonyl (C=O) groups excluding carboxylic acids is 2. The lowest BCUT2D eigenvalue weighted by Gasteiger charge is -2.19. The largest absolute Gasteiger partial charge is 0.507 e. The summed E-state index contributed by atoms with van der Waals surface area (Å²) in [6, 6.07) is 12.2. The zero-order valence-electron chi connectivity index (χ0n) is 19.6. The molecule has 1 saturated heterocycles. The summed E-state index contributed by atoms with van der Waals surface area (Å²) in [4.78, 5) is 34.1. The first-order valence-corrected chi connectivity index (χ1v) is 11.4. The van der Waals surface area contributed by atoms with E-state index in [1.165, 1.54) is 4.90 Å². The lowest BCUT2D eigenvalue weighted by Crippen LogP contribution is -2.29. The highest BCUT2D eigenvalue weighted by Crippen LogP contribution is 2.31. The molecule has 36 heavy (non-hydrogen) atoms. The Morgan fingerprint density at radius 1 is 1.22 bits per heavy atom. The number of rotatable bonds is 8. The number of phenolic OH excluding ortho intramolecular Hbond substituents is 1. The number of nitrogens with zero attached hydrogens (tertiary/aromatic N) is 3. The van der Waals surface area contributed by atoms with Crippen molar-refractivity contribution < 1.29 is 28.9 Å². The first-order valence-electron chi connectivity index (χ1n) is 11.4. The molecule has 3 N–H and O–H groups in total. The molecule has 0 aliphatic carbocycles. The van der Waals surface area contributed by atoms with Crippen LogP contribution in [0.2, 0.25) is 0 Å². The maximum Gasteiger partial charge on any atom is 0.415 e. The summed E-state index contributed by atoms with van der Waals surface area (Å²) >= 11 is 0. The molecule has 2 aromatic heterocycles. The third kappa shape index (κ3) is 5.01. The van der Waals surface area contributed by atoms with Crippen molar-refractivity contribution in [3.05, 3.63) is 54.2 Å². The molecule has 2 aliphatic heterocycles. The molecule has 1 fully saturated rings. The SMILES string of the molecule is COc1ccnc(-c2cc(CNCC[C@H]3CN(c4ccc5c(n4)NC(=O)CO5)C(=O)O3)ccc2O)c1. The lowest BCUT2D eigenvalue weighted by atomic mass is 10.1. The van der Waals surface area contributed by atoms with Crippen molar-refractivity contribution in [2.75, 3.05) is 37.0 Å². The van der Waals surface area contributed by atoms with Crippen molar-refractivity contribution in [3.63, 3.8) is 0 Å². The van der Waals surface area contributed by atoms with Crippen LogP contribution in [0.5, 0.6) is 17.2 Å². The van der Waals surface area contributed by atoms with E-state index in [0.29, 0.717) is 60.4 Å². The monoisotopic (exact) mass is 491 g/mol. The van der Waals surface area contributed by atoms with Gasteiger partial charge in [-0.2, -0.15) is 0 Å². The van der Waals surface area contributed by atoms with Crippen LogP contribution in [-0.2, 0) is 16.1 Å². The van der Waals surface area contributed by atoms with E-state index in [1.54, 1.807) is 43.6 Å². The van der Waals surface area contributed by atoms with Gasteiger partial charge in [-0.05, 0) is 48.9 Å². The number of cyclic esters (lactones) is 1. The first kappa shape index (κ1) is 23.4. The molecule has 186 valence electrons. The molecular weight excluding hydrogens is 466 g/mol. The van der Waals surface area contributed by atoms with Gasteiger partial charge in [0.25, 0.3) is 5.91 Å². The van der Waals surface area contributed by atoms with Gasteiger partial charge < -0.3 is 30.0 Å². The molecule has 5 rings (SSSR count). The van der Waals surface area contributed by atoms with Crippen LogP contribution in [-0.4, -0.2) is 60.0 Å². The number of amides is 2. The lowest BCUT2D eigenvalue weighted by molar-refractivity contribution is -0.118. The van der Waals surface area contributed by atoms with Crippen molar-refractivity contribution >= 4 is 23.6 Å². The molecule has 2 amide bonds. The van der Waals surface area contributed by atoms with Gasteiger partial charge in [-0.25, -0.2) is 9.78 Å². The third-order valence-corrected chi connectivity index (χ3v) is 5.89. The fourth-order valence-corrected chi connectivity index (χ4v) is 4.04. The number of hydrogen-bond acceptors (Lipinski definition) is 9. The molecular formula is C25H25N5O6. The van der Waals surface area contributed by atoms with E-state index in [0.717, 1.165) is 5.56 Å². The van der Waals surface area contributed by atoms with Gasteiger partial charge in [-0.3, -0.25) is 14.7 Å². The number of ether oxygens (including phenoxy) is 3. The number of pyridine rings is 2. The second kappa shape index (κ2) is 10.1. The molecule has 11 nitrogen and oxygen atoms in total. The van der Waals surface area contributed by atoms with E-state index in [2.05, 4.69) is 20.6 Å². The highest BCUT2D eigenvalue weighted by atomic mass is 16.6. The van der Waals surface area contributed by atoms with Crippen LogP contribution in [0.15, 0.2) is 48.7 Å². The number of aromatic nitrogens is 2. The average Bonchev–Trinajstić information content (AvgIpc) is 3.27. The van der Waals surface area contributed by atoms with Crippen molar-refractivity contribution in [2.45, 2.75) is 19.1 Å². The molecule has 0 radical (unpaired) electrons. The summed E-state index contributed by atoms with van der Waals surface area (Å²) in [5.41, 5.74) is 2.21. The Morgan fingerprint density at radius 3 is 2.97 bits per heavy atom. The highest BCUT2D eigenvalue weighted by Gasteiger charge is 2.33. The summed E-state index contributed by atoms with van der Waals surface area (Å²) < 4.78 is 16.1. The Morgan fingerprint density at radius 2 is 2.11 bits per heavy atom. The van der Waals surface area contributed by atoms with Gasteiger partial charge >= 0.3 is 6.09 Å². The van der Waals surface area contributed by atoms with E-state index < -0.39 is 6.09 Å². The minimum Gasteiger partial charge on any atom is -0.507 e. The topological polar surface area (TPSA) is 135 Å². The number of anilines is 2. The zero-order chi connectivity index (χ0) is 25.1. The average molecular weight is 492 g/mol. The van der Waals surface area contributed by atoms with Crippen LogP contribution in [0.1, 0.15) is 12.0 Å². The molecule has 0 bridgehead atoms. The number of fused-ring (bicyclic) bond motifs is 1. The second-order valence-electron chi connectivity index (χ2n) is 8.37. The van der Waals surface area contributed by atoms with Gasteiger partial charge in [0.05, 0.1) is 19.3 Å². The van der Waals surface area contributed by atoms with Crippen molar-refractivity contribution in [2.24, 2.45) is 0 Å². The Balaban J connectivity index is 1.15.